The van der Waals surface area contributed by atoms with Crippen LogP contribution in [0, 0.1) is 5.41 Å². The third kappa shape index (κ3) is 4.66. The van der Waals surface area contributed by atoms with Crippen LogP contribution < -0.4 is 5.73 Å². The zero-order valence-electron chi connectivity index (χ0n) is 15.4. The molecule has 2 aliphatic rings. The van der Waals surface area contributed by atoms with E-state index in [1.165, 1.54) is 0 Å². The van der Waals surface area contributed by atoms with Gasteiger partial charge in [0.25, 0.3) is 0 Å². The largest absolute Gasteiger partial charge is 0.460 e. The van der Waals surface area contributed by atoms with Crippen LogP contribution in [0.3, 0.4) is 0 Å². The van der Waals surface area contributed by atoms with Gasteiger partial charge in [-0.15, -0.1) is 0 Å². The molecular formula is C20H26N2O5. The van der Waals surface area contributed by atoms with Crippen LogP contribution in [0.4, 0.5) is 0 Å². The SMILES string of the molecule is NC(=O)c1ccc(COC(=O)C2(CC(=O)N3CCOCC3)CCCC2)cc1. The molecule has 1 aromatic carbocycles. The van der Waals surface area contributed by atoms with Gasteiger partial charge in [0, 0.05) is 25.1 Å². The number of ether oxygens (including phenoxy) is 2. The zero-order valence-corrected chi connectivity index (χ0v) is 15.4. The molecule has 0 bridgehead atoms. The lowest BCUT2D eigenvalue weighted by Gasteiger charge is -2.32. The maximum Gasteiger partial charge on any atom is 0.312 e. The van der Waals surface area contributed by atoms with Crippen molar-refractivity contribution in [2.45, 2.75) is 38.7 Å². The summed E-state index contributed by atoms with van der Waals surface area (Å²) in [5, 5.41) is 0. The van der Waals surface area contributed by atoms with Gasteiger partial charge in [0.2, 0.25) is 11.8 Å². The second-order valence-corrected chi connectivity index (χ2v) is 7.29. The summed E-state index contributed by atoms with van der Waals surface area (Å²) in [6.45, 7) is 2.37. The lowest BCUT2D eigenvalue weighted by atomic mass is 9.82. The van der Waals surface area contributed by atoms with Gasteiger partial charge in [0.1, 0.15) is 6.61 Å². The number of carbonyl (C=O) groups is 3. The minimum absolute atomic E-state index is 0.00274. The summed E-state index contributed by atoms with van der Waals surface area (Å²) in [7, 11) is 0. The van der Waals surface area contributed by atoms with Crippen molar-refractivity contribution in [2.75, 3.05) is 26.3 Å². The Balaban J connectivity index is 1.60. The van der Waals surface area contributed by atoms with E-state index in [1.54, 1.807) is 29.2 Å². The maximum atomic E-state index is 12.8. The normalized spacial score (nSPS) is 18.9. The standard InChI is InChI=1S/C20H26N2O5/c21-18(24)16-5-3-15(4-6-16)14-27-19(25)20(7-1-2-8-20)13-17(23)22-9-11-26-12-10-22/h3-6H,1-2,7-14H2,(H2,21,24). The van der Waals surface area contributed by atoms with E-state index in [4.69, 9.17) is 15.2 Å². The van der Waals surface area contributed by atoms with Gasteiger partial charge in [0.05, 0.1) is 18.6 Å². The van der Waals surface area contributed by atoms with E-state index in [1.807, 2.05) is 0 Å². The zero-order chi connectivity index (χ0) is 19.3. The molecule has 27 heavy (non-hydrogen) atoms. The maximum absolute atomic E-state index is 12.8. The van der Waals surface area contributed by atoms with Gasteiger partial charge in [-0.3, -0.25) is 14.4 Å². The van der Waals surface area contributed by atoms with Crippen molar-refractivity contribution in [3.63, 3.8) is 0 Å². The first-order valence-corrected chi connectivity index (χ1v) is 9.42. The minimum Gasteiger partial charge on any atom is -0.460 e. The molecule has 146 valence electrons. The predicted molar refractivity (Wildman–Crippen MR) is 97.7 cm³/mol. The number of hydrogen-bond donors (Lipinski definition) is 1. The second kappa shape index (κ2) is 8.52. The molecule has 1 aliphatic carbocycles. The molecule has 0 aromatic heterocycles. The average Bonchev–Trinajstić information content (AvgIpc) is 3.16. The minimum atomic E-state index is -0.720. The molecule has 1 saturated heterocycles. The molecule has 2 amide bonds. The molecule has 1 saturated carbocycles. The Kier molecular flexibility index (Phi) is 6.11. The quantitative estimate of drug-likeness (QED) is 0.763. The molecule has 0 unspecified atom stereocenters. The van der Waals surface area contributed by atoms with Crippen molar-refractivity contribution in [1.29, 1.82) is 0 Å². The molecule has 0 radical (unpaired) electrons. The molecule has 1 heterocycles. The summed E-state index contributed by atoms with van der Waals surface area (Å²) >= 11 is 0. The van der Waals surface area contributed by atoms with Gasteiger partial charge < -0.3 is 20.1 Å². The molecular weight excluding hydrogens is 348 g/mol. The molecule has 7 heteroatoms. The van der Waals surface area contributed by atoms with Crippen LogP contribution in [-0.2, 0) is 25.7 Å². The number of nitrogens with zero attached hydrogens (tertiary/aromatic N) is 1. The number of hydrogen-bond acceptors (Lipinski definition) is 5. The average molecular weight is 374 g/mol. The first kappa shape index (κ1) is 19.4. The summed E-state index contributed by atoms with van der Waals surface area (Å²) in [5.41, 5.74) is 5.70. The second-order valence-electron chi connectivity index (χ2n) is 7.29. The van der Waals surface area contributed by atoms with Crippen molar-refractivity contribution in [3.05, 3.63) is 35.4 Å². The van der Waals surface area contributed by atoms with Gasteiger partial charge in [-0.25, -0.2) is 0 Å². The van der Waals surface area contributed by atoms with Gasteiger partial charge in [-0.2, -0.15) is 0 Å². The van der Waals surface area contributed by atoms with E-state index in [0.29, 0.717) is 44.7 Å². The van der Waals surface area contributed by atoms with Crippen LogP contribution in [-0.4, -0.2) is 49.0 Å². The summed E-state index contributed by atoms with van der Waals surface area (Å²) in [5.74, 6) is -0.798. The monoisotopic (exact) mass is 374 g/mol. The number of rotatable bonds is 6. The summed E-state index contributed by atoms with van der Waals surface area (Å²) < 4.78 is 10.8. The van der Waals surface area contributed by atoms with Crippen LogP contribution in [0.1, 0.15) is 48.0 Å². The smallest absolute Gasteiger partial charge is 0.312 e. The Morgan fingerprint density at radius 2 is 1.70 bits per heavy atom. The van der Waals surface area contributed by atoms with E-state index >= 15 is 0 Å². The van der Waals surface area contributed by atoms with Crippen molar-refractivity contribution in [3.8, 4) is 0 Å². The fourth-order valence-electron chi connectivity index (χ4n) is 3.79. The molecule has 1 aromatic rings. The van der Waals surface area contributed by atoms with E-state index in [-0.39, 0.29) is 24.9 Å². The molecule has 2 N–H and O–H groups in total. The lowest BCUT2D eigenvalue weighted by molar-refractivity contribution is -0.161. The third-order valence-electron chi connectivity index (χ3n) is 5.46. The molecule has 1 aliphatic heterocycles. The third-order valence-corrected chi connectivity index (χ3v) is 5.46. The highest BCUT2D eigenvalue weighted by Crippen LogP contribution is 2.43. The predicted octanol–water partition coefficient (Wildman–Crippen LogP) is 1.64. The highest BCUT2D eigenvalue weighted by Gasteiger charge is 2.45. The molecule has 7 nitrogen and oxygen atoms in total. The molecule has 2 fully saturated rings. The number of morpholine rings is 1. The van der Waals surface area contributed by atoms with Gasteiger partial charge in [-0.1, -0.05) is 25.0 Å². The fraction of sp³-hybridized carbons (Fsp3) is 0.550. The summed E-state index contributed by atoms with van der Waals surface area (Å²) in [6.07, 6.45) is 3.43. The van der Waals surface area contributed by atoms with Gasteiger partial charge in [0.15, 0.2) is 0 Å². The number of primary amides is 1. The van der Waals surface area contributed by atoms with Crippen molar-refractivity contribution in [1.82, 2.24) is 4.90 Å². The van der Waals surface area contributed by atoms with Crippen LogP contribution in [0.2, 0.25) is 0 Å². The van der Waals surface area contributed by atoms with Crippen molar-refractivity contribution in [2.24, 2.45) is 11.1 Å². The van der Waals surface area contributed by atoms with E-state index in [0.717, 1.165) is 18.4 Å². The van der Waals surface area contributed by atoms with Crippen LogP contribution in [0.15, 0.2) is 24.3 Å². The Labute approximate surface area is 158 Å². The number of nitrogens with two attached hydrogens (primary N) is 1. The van der Waals surface area contributed by atoms with Crippen molar-refractivity contribution >= 4 is 17.8 Å². The molecule has 3 rings (SSSR count). The van der Waals surface area contributed by atoms with Crippen molar-refractivity contribution < 1.29 is 23.9 Å². The van der Waals surface area contributed by atoms with E-state index in [9.17, 15) is 14.4 Å². The van der Waals surface area contributed by atoms with Crippen LogP contribution in [0.5, 0.6) is 0 Å². The Morgan fingerprint density at radius 1 is 1.07 bits per heavy atom. The molecule has 0 atom stereocenters. The highest BCUT2D eigenvalue weighted by molar-refractivity contribution is 5.92. The number of benzene rings is 1. The number of carbonyl (C=O) groups excluding carboxylic acids is 3. The number of amides is 2. The van der Waals surface area contributed by atoms with Gasteiger partial charge in [-0.05, 0) is 30.5 Å². The Morgan fingerprint density at radius 3 is 2.30 bits per heavy atom. The van der Waals surface area contributed by atoms with Crippen LogP contribution in [0.25, 0.3) is 0 Å². The number of esters is 1. The Bertz CT molecular complexity index is 689. The van der Waals surface area contributed by atoms with E-state index in [2.05, 4.69) is 0 Å². The topological polar surface area (TPSA) is 98.9 Å². The first-order chi connectivity index (χ1) is 13.0. The van der Waals surface area contributed by atoms with E-state index < -0.39 is 11.3 Å². The Hall–Kier alpha value is -2.41. The summed E-state index contributed by atoms with van der Waals surface area (Å²) in [6, 6.07) is 6.65. The first-order valence-electron chi connectivity index (χ1n) is 9.42. The molecule has 0 spiro atoms. The fourth-order valence-corrected chi connectivity index (χ4v) is 3.79. The highest BCUT2D eigenvalue weighted by atomic mass is 16.5. The van der Waals surface area contributed by atoms with Gasteiger partial charge >= 0.3 is 5.97 Å². The van der Waals surface area contributed by atoms with Crippen LogP contribution >= 0.6 is 0 Å². The lowest BCUT2D eigenvalue weighted by Crippen LogP contribution is -2.44. The summed E-state index contributed by atoms with van der Waals surface area (Å²) in [4.78, 5) is 38.4.